The molecule has 4 nitrogen and oxygen atoms in total. The van der Waals surface area contributed by atoms with Gasteiger partial charge in [-0.1, -0.05) is 36.4 Å². The summed E-state index contributed by atoms with van der Waals surface area (Å²) in [4.78, 5) is 12.9. The van der Waals surface area contributed by atoms with Crippen molar-refractivity contribution < 1.29 is 9.53 Å². The van der Waals surface area contributed by atoms with Crippen molar-refractivity contribution in [2.24, 2.45) is 0 Å². The van der Waals surface area contributed by atoms with E-state index in [2.05, 4.69) is 33.8 Å². The molecule has 0 aromatic heterocycles. The van der Waals surface area contributed by atoms with E-state index in [9.17, 15) is 4.79 Å². The molecule has 0 saturated heterocycles. The van der Waals surface area contributed by atoms with Gasteiger partial charge in [0.05, 0.1) is 16.9 Å². The van der Waals surface area contributed by atoms with E-state index in [0.29, 0.717) is 22.5 Å². The number of hydrogen-bond acceptors (Lipinski definition) is 4. The number of carbonyl (C=O) groups is 1. The molecule has 28 heavy (non-hydrogen) atoms. The van der Waals surface area contributed by atoms with E-state index in [1.807, 2.05) is 30.3 Å². The van der Waals surface area contributed by atoms with E-state index in [1.54, 1.807) is 12.1 Å². The molecule has 1 heterocycles. The predicted molar refractivity (Wildman–Crippen MR) is 112 cm³/mol. The van der Waals surface area contributed by atoms with Crippen LogP contribution in [0.1, 0.15) is 49.3 Å². The van der Waals surface area contributed by atoms with Crippen LogP contribution in [-0.2, 0) is 10.3 Å². The molecule has 1 aliphatic heterocycles. The SMILES string of the molecule is Cc1cc(C2(c3ccccc3)OC(=O)c3ccc(N)c(N)c32)c(C)c(C)c1C. The fourth-order valence-electron chi connectivity index (χ4n) is 4.23. The van der Waals surface area contributed by atoms with Crippen LogP contribution < -0.4 is 11.5 Å². The Morgan fingerprint density at radius 3 is 2.21 bits per heavy atom. The van der Waals surface area contributed by atoms with Crippen molar-refractivity contribution in [2.75, 3.05) is 11.5 Å². The van der Waals surface area contributed by atoms with E-state index >= 15 is 0 Å². The average molecular weight is 372 g/mol. The first kappa shape index (κ1) is 18.1. The van der Waals surface area contributed by atoms with Gasteiger partial charge in [-0.05, 0) is 62.1 Å². The Labute approximate surface area is 165 Å². The molecule has 0 saturated carbocycles. The molecule has 0 radical (unpaired) electrons. The Hall–Kier alpha value is -3.27. The molecule has 4 N–H and O–H groups in total. The van der Waals surface area contributed by atoms with E-state index in [-0.39, 0.29) is 5.97 Å². The number of anilines is 2. The fraction of sp³-hybridized carbons (Fsp3) is 0.208. The minimum absolute atomic E-state index is 0.388. The van der Waals surface area contributed by atoms with Gasteiger partial charge < -0.3 is 16.2 Å². The third-order valence-corrected chi connectivity index (χ3v) is 6.14. The van der Waals surface area contributed by atoms with E-state index < -0.39 is 5.60 Å². The predicted octanol–water partition coefficient (Wildman–Crippen LogP) is 4.55. The summed E-state index contributed by atoms with van der Waals surface area (Å²) in [5, 5.41) is 0. The fourth-order valence-corrected chi connectivity index (χ4v) is 4.23. The largest absolute Gasteiger partial charge is 0.440 e. The van der Waals surface area contributed by atoms with Gasteiger partial charge in [0.25, 0.3) is 0 Å². The smallest absolute Gasteiger partial charge is 0.340 e. The van der Waals surface area contributed by atoms with Gasteiger partial charge in [-0.2, -0.15) is 0 Å². The zero-order valence-corrected chi connectivity index (χ0v) is 16.6. The van der Waals surface area contributed by atoms with Crippen LogP contribution in [0.5, 0.6) is 0 Å². The summed E-state index contributed by atoms with van der Waals surface area (Å²) >= 11 is 0. The molecule has 3 aromatic carbocycles. The molecule has 4 heteroatoms. The first-order valence-corrected chi connectivity index (χ1v) is 9.34. The summed E-state index contributed by atoms with van der Waals surface area (Å²) in [6.07, 6.45) is 0. The Morgan fingerprint density at radius 2 is 1.54 bits per heavy atom. The summed E-state index contributed by atoms with van der Waals surface area (Å²) in [7, 11) is 0. The molecular weight excluding hydrogens is 348 g/mol. The highest BCUT2D eigenvalue weighted by atomic mass is 16.6. The van der Waals surface area contributed by atoms with Gasteiger partial charge in [-0.3, -0.25) is 0 Å². The van der Waals surface area contributed by atoms with Gasteiger partial charge in [0.15, 0.2) is 5.60 Å². The summed E-state index contributed by atoms with van der Waals surface area (Å²) in [6.45, 7) is 8.35. The van der Waals surface area contributed by atoms with Crippen molar-refractivity contribution in [1.82, 2.24) is 0 Å². The molecule has 0 fully saturated rings. The second-order valence-corrected chi connectivity index (χ2v) is 7.54. The number of nitrogens with two attached hydrogens (primary N) is 2. The molecule has 4 rings (SSSR count). The first-order chi connectivity index (χ1) is 13.3. The molecule has 0 bridgehead atoms. The molecule has 3 aromatic rings. The Balaban J connectivity index is 2.19. The second-order valence-electron chi connectivity index (χ2n) is 7.54. The maximum absolute atomic E-state index is 12.9. The first-order valence-electron chi connectivity index (χ1n) is 9.34. The molecular formula is C24H24N2O2. The van der Waals surface area contributed by atoms with Crippen LogP contribution in [0.15, 0.2) is 48.5 Å². The third-order valence-electron chi connectivity index (χ3n) is 6.14. The van der Waals surface area contributed by atoms with Crippen LogP contribution in [0.25, 0.3) is 0 Å². The van der Waals surface area contributed by atoms with Gasteiger partial charge in [0.1, 0.15) is 0 Å². The van der Waals surface area contributed by atoms with Crippen LogP contribution in [-0.4, -0.2) is 5.97 Å². The molecule has 1 unspecified atom stereocenters. The quantitative estimate of drug-likeness (QED) is 0.511. The summed E-state index contributed by atoms with van der Waals surface area (Å²) in [6, 6.07) is 15.2. The Kier molecular flexibility index (Phi) is 3.96. The van der Waals surface area contributed by atoms with E-state index in [0.717, 1.165) is 22.3 Å². The highest BCUT2D eigenvalue weighted by Crippen LogP contribution is 2.52. The van der Waals surface area contributed by atoms with Crippen LogP contribution in [0.4, 0.5) is 11.4 Å². The molecule has 0 amide bonds. The van der Waals surface area contributed by atoms with Gasteiger partial charge >= 0.3 is 5.97 Å². The van der Waals surface area contributed by atoms with Gasteiger partial charge in [-0.25, -0.2) is 4.79 Å². The van der Waals surface area contributed by atoms with Crippen molar-refractivity contribution in [3.8, 4) is 0 Å². The summed E-state index contributed by atoms with van der Waals surface area (Å²) in [5.74, 6) is -0.388. The van der Waals surface area contributed by atoms with Gasteiger partial charge in [0, 0.05) is 16.7 Å². The highest BCUT2D eigenvalue weighted by molar-refractivity contribution is 6.00. The zero-order valence-electron chi connectivity index (χ0n) is 16.6. The third kappa shape index (κ3) is 2.27. The number of carbonyl (C=O) groups excluding carboxylic acids is 1. The van der Waals surface area contributed by atoms with Crippen molar-refractivity contribution in [3.63, 3.8) is 0 Å². The normalized spacial score (nSPS) is 18.1. The monoisotopic (exact) mass is 372 g/mol. The van der Waals surface area contributed by atoms with Gasteiger partial charge in [0.2, 0.25) is 0 Å². The number of hydrogen-bond donors (Lipinski definition) is 2. The molecule has 1 atom stereocenters. The minimum Gasteiger partial charge on any atom is -0.440 e. The maximum atomic E-state index is 12.9. The number of ether oxygens (including phenoxy) is 1. The number of esters is 1. The lowest BCUT2D eigenvalue weighted by Crippen LogP contribution is -2.32. The Morgan fingerprint density at radius 1 is 0.857 bits per heavy atom. The van der Waals surface area contributed by atoms with E-state index in [1.165, 1.54) is 11.1 Å². The molecule has 142 valence electrons. The van der Waals surface area contributed by atoms with Crippen LogP contribution >= 0.6 is 0 Å². The number of benzene rings is 3. The topological polar surface area (TPSA) is 78.3 Å². The molecule has 0 spiro atoms. The summed E-state index contributed by atoms with van der Waals surface area (Å²) in [5.41, 5.74) is 19.8. The highest BCUT2D eigenvalue weighted by Gasteiger charge is 2.51. The second kappa shape index (κ2) is 6.13. The number of rotatable bonds is 2. The minimum atomic E-state index is -1.12. The lowest BCUT2D eigenvalue weighted by molar-refractivity contribution is 0.0251. The van der Waals surface area contributed by atoms with Crippen LogP contribution in [0.2, 0.25) is 0 Å². The van der Waals surface area contributed by atoms with Crippen molar-refractivity contribution >= 4 is 17.3 Å². The zero-order chi connectivity index (χ0) is 20.2. The van der Waals surface area contributed by atoms with Crippen LogP contribution in [0.3, 0.4) is 0 Å². The lowest BCUT2D eigenvalue weighted by Gasteiger charge is -2.33. The van der Waals surface area contributed by atoms with Crippen molar-refractivity contribution in [2.45, 2.75) is 33.3 Å². The van der Waals surface area contributed by atoms with E-state index in [4.69, 9.17) is 16.2 Å². The number of fused-ring (bicyclic) bond motifs is 1. The standard InChI is InChI=1S/C24H24N2O2/c1-13-12-19(16(4)15(3)14(13)2)24(17-8-6-5-7-9-17)21-18(23(27)28-24)10-11-20(25)22(21)26/h5-12H,25-26H2,1-4H3. The average Bonchev–Trinajstić information content (AvgIpc) is 3.00. The lowest BCUT2D eigenvalue weighted by atomic mass is 9.75. The molecule has 0 aliphatic carbocycles. The molecule has 1 aliphatic rings. The van der Waals surface area contributed by atoms with Crippen molar-refractivity contribution in [3.05, 3.63) is 93.0 Å². The number of cyclic esters (lactones) is 1. The van der Waals surface area contributed by atoms with Gasteiger partial charge in [-0.15, -0.1) is 0 Å². The van der Waals surface area contributed by atoms with Crippen molar-refractivity contribution in [1.29, 1.82) is 0 Å². The Bertz CT molecular complexity index is 1120. The number of aryl methyl sites for hydroxylation is 1. The summed E-state index contributed by atoms with van der Waals surface area (Å²) < 4.78 is 6.18. The number of nitrogen functional groups attached to an aromatic ring is 2. The van der Waals surface area contributed by atoms with Crippen LogP contribution in [0, 0.1) is 27.7 Å². The maximum Gasteiger partial charge on any atom is 0.340 e.